The number of nitrogens with two attached hydrogens (primary N) is 2. The number of carboxylic acids is 1. The number of hydrogen-bond acceptors (Lipinski definition) is 4. The zero-order valence-electron chi connectivity index (χ0n) is 6.97. The Hall–Kier alpha value is -1.46. The van der Waals surface area contributed by atoms with Gasteiger partial charge in [-0.15, -0.1) is 0 Å². The SMILES string of the molecule is NC[C@H](N)c1ccncc1C(=O)O. The summed E-state index contributed by atoms with van der Waals surface area (Å²) in [5.74, 6) is -1.04. The van der Waals surface area contributed by atoms with Crippen LogP contribution in [0.4, 0.5) is 0 Å². The third kappa shape index (κ3) is 2.01. The predicted octanol–water partition coefficient (Wildman–Crippen LogP) is -0.262. The zero-order valence-corrected chi connectivity index (χ0v) is 6.97. The molecule has 1 rings (SSSR count). The average Bonchev–Trinajstić information content (AvgIpc) is 2.16. The molecule has 5 heteroatoms. The van der Waals surface area contributed by atoms with Gasteiger partial charge in [0.25, 0.3) is 0 Å². The van der Waals surface area contributed by atoms with Gasteiger partial charge in [0, 0.05) is 25.0 Å². The smallest absolute Gasteiger partial charge is 0.337 e. The van der Waals surface area contributed by atoms with Gasteiger partial charge in [-0.2, -0.15) is 0 Å². The van der Waals surface area contributed by atoms with Crippen LogP contribution >= 0.6 is 0 Å². The molecule has 5 nitrogen and oxygen atoms in total. The summed E-state index contributed by atoms with van der Waals surface area (Å²) in [6.07, 6.45) is 2.77. The summed E-state index contributed by atoms with van der Waals surface area (Å²) in [5, 5.41) is 8.77. The maximum Gasteiger partial charge on any atom is 0.337 e. The third-order valence-corrected chi connectivity index (χ3v) is 1.74. The molecule has 0 aliphatic carbocycles. The molecule has 0 amide bonds. The van der Waals surface area contributed by atoms with Crippen LogP contribution in [-0.4, -0.2) is 22.6 Å². The molecule has 0 fully saturated rings. The highest BCUT2D eigenvalue weighted by molar-refractivity contribution is 5.89. The molecule has 1 aromatic rings. The molecule has 0 radical (unpaired) electrons. The summed E-state index contributed by atoms with van der Waals surface area (Å²) < 4.78 is 0. The van der Waals surface area contributed by atoms with Crippen molar-refractivity contribution in [3.63, 3.8) is 0 Å². The van der Waals surface area contributed by atoms with Gasteiger partial charge in [-0.1, -0.05) is 0 Å². The van der Waals surface area contributed by atoms with Crippen LogP contribution in [0.25, 0.3) is 0 Å². The van der Waals surface area contributed by atoms with E-state index in [1.165, 1.54) is 12.4 Å². The van der Waals surface area contributed by atoms with E-state index >= 15 is 0 Å². The fourth-order valence-electron chi connectivity index (χ4n) is 1.03. The zero-order chi connectivity index (χ0) is 9.84. The first kappa shape index (κ1) is 9.63. The number of aromatic carboxylic acids is 1. The van der Waals surface area contributed by atoms with E-state index in [2.05, 4.69) is 4.98 Å². The lowest BCUT2D eigenvalue weighted by atomic mass is 10.0. The van der Waals surface area contributed by atoms with Gasteiger partial charge in [-0.3, -0.25) is 4.98 Å². The number of pyridine rings is 1. The van der Waals surface area contributed by atoms with Crippen molar-refractivity contribution in [2.24, 2.45) is 11.5 Å². The highest BCUT2D eigenvalue weighted by Crippen LogP contribution is 2.13. The maximum atomic E-state index is 10.7. The Balaban J connectivity index is 3.11. The highest BCUT2D eigenvalue weighted by Gasteiger charge is 2.14. The van der Waals surface area contributed by atoms with E-state index in [1.807, 2.05) is 0 Å². The quantitative estimate of drug-likeness (QED) is 0.596. The lowest BCUT2D eigenvalue weighted by Gasteiger charge is -2.10. The second-order valence-corrected chi connectivity index (χ2v) is 2.61. The molecule has 1 aromatic heterocycles. The molecular weight excluding hydrogens is 170 g/mol. The molecule has 1 heterocycles. The third-order valence-electron chi connectivity index (χ3n) is 1.74. The van der Waals surface area contributed by atoms with Crippen LogP contribution in [0.15, 0.2) is 18.5 Å². The summed E-state index contributed by atoms with van der Waals surface area (Å²) in [6, 6.07) is 1.12. The van der Waals surface area contributed by atoms with Crippen molar-refractivity contribution in [2.45, 2.75) is 6.04 Å². The van der Waals surface area contributed by atoms with Gasteiger partial charge in [0.15, 0.2) is 0 Å². The minimum absolute atomic E-state index is 0.112. The van der Waals surface area contributed by atoms with Crippen LogP contribution in [0.2, 0.25) is 0 Å². The summed E-state index contributed by atoms with van der Waals surface area (Å²) >= 11 is 0. The lowest BCUT2D eigenvalue weighted by Crippen LogP contribution is -2.23. The van der Waals surface area contributed by atoms with E-state index < -0.39 is 12.0 Å². The first-order chi connectivity index (χ1) is 6.16. The molecule has 1 atom stereocenters. The second-order valence-electron chi connectivity index (χ2n) is 2.61. The number of carbonyl (C=O) groups is 1. The number of rotatable bonds is 3. The van der Waals surface area contributed by atoms with E-state index in [4.69, 9.17) is 16.6 Å². The van der Waals surface area contributed by atoms with Crippen molar-refractivity contribution < 1.29 is 9.90 Å². The van der Waals surface area contributed by atoms with Gasteiger partial charge < -0.3 is 16.6 Å². The van der Waals surface area contributed by atoms with E-state index in [1.54, 1.807) is 6.07 Å². The van der Waals surface area contributed by atoms with Crippen molar-refractivity contribution in [2.75, 3.05) is 6.54 Å². The number of nitrogens with zero attached hydrogens (tertiary/aromatic N) is 1. The van der Waals surface area contributed by atoms with E-state index in [0.29, 0.717) is 5.56 Å². The van der Waals surface area contributed by atoms with Gasteiger partial charge in [-0.05, 0) is 11.6 Å². The van der Waals surface area contributed by atoms with Gasteiger partial charge in [-0.25, -0.2) is 4.79 Å². The summed E-state index contributed by atoms with van der Waals surface area (Å²) in [7, 11) is 0. The van der Waals surface area contributed by atoms with E-state index in [-0.39, 0.29) is 12.1 Å². The average molecular weight is 181 g/mol. The number of aromatic nitrogens is 1. The Kier molecular flexibility index (Phi) is 2.94. The molecule has 0 saturated heterocycles. The number of carboxylic acid groups (broad SMARTS) is 1. The minimum atomic E-state index is -1.04. The normalized spacial score (nSPS) is 12.5. The Morgan fingerprint density at radius 1 is 1.69 bits per heavy atom. The van der Waals surface area contributed by atoms with Gasteiger partial charge in [0.1, 0.15) is 0 Å². The molecule has 0 aromatic carbocycles. The van der Waals surface area contributed by atoms with Crippen molar-refractivity contribution in [1.29, 1.82) is 0 Å². The fraction of sp³-hybridized carbons (Fsp3) is 0.250. The first-order valence-electron chi connectivity index (χ1n) is 3.79. The molecule has 13 heavy (non-hydrogen) atoms. The van der Waals surface area contributed by atoms with Gasteiger partial charge in [0.2, 0.25) is 0 Å². The maximum absolute atomic E-state index is 10.7. The van der Waals surface area contributed by atoms with Crippen LogP contribution in [-0.2, 0) is 0 Å². The fourth-order valence-corrected chi connectivity index (χ4v) is 1.03. The molecule has 0 saturated carbocycles. The van der Waals surface area contributed by atoms with Crippen molar-refractivity contribution in [3.05, 3.63) is 29.6 Å². The van der Waals surface area contributed by atoms with Crippen LogP contribution in [0.1, 0.15) is 22.0 Å². The standard InChI is InChI=1S/C8H11N3O2/c9-3-7(10)5-1-2-11-4-6(5)8(12)13/h1-2,4,7H,3,9-10H2,(H,12,13)/t7-/m0/s1. The van der Waals surface area contributed by atoms with Crippen molar-refractivity contribution >= 4 is 5.97 Å². The molecule has 5 N–H and O–H groups in total. The summed E-state index contributed by atoms with van der Waals surface area (Å²) in [5.41, 5.74) is 11.6. The van der Waals surface area contributed by atoms with Gasteiger partial charge in [0.05, 0.1) is 5.56 Å². The molecule has 70 valence electrons. The van der Waals surface area contributed by atoms with Crippen LogP contribution in [0, 0.1) is 0 Å². The highest BCUT2D eigenvalue weighted by atomic mass is 16.4. The van der Waals surface area contributed by atoms with Crippen molar-refractivity contribution in [3.8, 4) is 0 Å². The lowest BCUT2D eigenvalue weighted by molar-refractivity contribution is 0.0694. The molecule has 0 aliphatic heterocycles. The monoisotopic (exact) mass is 181 g/mol. The molecule has 0 unspecified atom stereocenters. The first-order valence-corrected chi connectivity index (χ1v) is 3.79. The Bertz CT molecular complexity index is 314. The Morgan fingerprint density at radius 2 is 2.38 bits per heavy atom. The van der Waals surface area contributed by atoms with Crippen molar-refractivity contribution in [1.82, 2.24) is 4.98 Å². The van der Waals surface area contributed by atoms with E-state index in [0.717, 1.165) is 0 Å². The summed E-state index contributed by atoms with van der Waals surface area (Å²) in [4.78, 5) is 14.4. The van der Waals surface area contributed by atoms with Crippen LogP contribution in [0.5, 0.6) is 0 Å². The van der Waals surface area contributed by atoms with Crippen LogP contribution < -0.4 is 11.5 Å². The molecule has 0 spiro atoms. The Labute approximate surface area is 75.4 Å². The van der Waals surface area contributed by atoms with E-state index in [9.17, 15) is 4.79 Å². The largest absolute Gasteiger partial charge is 0.478 e. The van der Waals surface area contributed by atoms with Gasteiger partial charge >= 0.3 is 5.97 Å². The summed E-state index contributed by atoms with van der Waals surface area (Å²) in [6.45, 7) is 0.213. The Morgan fingerprint density at radius 3 is 2.92 bits per heavy atom. The minimum Gasteiger partial charge on any atom is -0.478 e. The molecular formula is C8H11N3O2. The van der Waals surface area contributed by atoms with Crippen LogP contribution in [0.3, 0.4) is 0 Å². The molecule has 0 bridgehead atoms. The predicted molar refractivity (Wildman–Crippen MR) is 47.2 cm³/mol. The topological polar surface area (TPSA) is 102 Å². The second kappa shape index (κ2) is 3.97. The number of hydrogen-bond donors (Lipinski definition) is 3. The molecule has 0 aliphatic rings.